The number of anilines is 2. The van der Waals surface area contributed by atoms with Gasteiger partial charge in [0.25, 0.3) is 5.91 Å². The summed E-state index contributed by atoms with van der Waals surface area (Å²) in [6.07, 6.45) is 2.00. The van der Waals surface area contributed by atoms with E-state index < -0.39 is 0 Å². The zero-order chi connectivity index (χ0) is 15.1. The van der Waals surface area contributed by atoms with Gasteiger partial charge < -0.3 is 16.4 Å². The van der Waals surface area contributed by atoms with E-state index in [-0.39, 0.29) is 5.91 Å². The summed E-state index contributed by atoms with van der Waals surface area (Å²) in [5, 5.41) is 5.94. The summed E-state index contributed by atoms with van der Waals surface area (Å²) in [5.41, 5.74) is 9.15. The summed E-state index contributed by atoms with van der Waals surface area (Å²) in [5.74, 6) is -0.111. The zero-order valence-electron chi connectivity index (χ0n) is 12.2. The van der Waals surface area contributed by atoms with Crippen LogP contribution in [0.15, 0.2) is 48.5 Å². The largest absolute Gasteiger partial charge is 0.399 e. The van der Waals surface area contributed by atoms with E-state index in [4.69, 9.17) is 5.73 Å². The van der Waals surface area contributed by atoms with Crippen molar-refractivity contribution >= 4 is 17.3 Å². The lowest BCUT2D eigenvalue weighted by Crippen LogP contribution is -2.20. The fourth-order valence-corrected chi connectivity index (χ4v) is 2.20. The van der Waals surface area contributed by atoms with Crippen LogP contribution in [-0.4, -0.2) is 19.5 Å². The van der Waals surface area contributed by atoms with E-state index in [1.807, 2.05) is 18.2 Å². The minimum Gasteiger partial charge on any atom is -0.399 e. The van der Waals surface area contributed by atoms with Crippen LogP contribution in [-0.2, 0) is 6.42 Å². The molecule has 1 amide bonds. The third-order valence-electron chi connectivity index (χ3n) is 3.32. The number of carbonyl (C=O) groups is 1. The van der Waals surface area contributed by atoms with E-state index >= 15 is 0 Å². The van der Waals surface area contributed by atoms with Crippen molar-refractivity contribution < 1.29 is 4.79 Å². The number of rotatable bonds is 6. The molecule has 2 aromatic carbocycles. The van der Waals surface area contributed by atoms with Gasteiger partial charge in [0.1, 0.15) is 0 Å². The van der Waals surface area contributed by atoms with Crippen molar-refractivity contribution in [3.05, 3.63) is 59.7 Å². The Morgan fingerprint density at radius 3 is 2.62 bits per heavy atom. The van der Waals surface area contributed by atoms with Crippen LogP contribution in [0.5, 0.6) is 0 Å². The first-order chi connectivity index (χ1) is 10.2. The fourth-order valence-electron chi connectivity index (χ4n) is 2.20. The van der Waals surface area contributed by atoms with E-state index in [2.05, 4.69) is 22.8 Å². The molecule has 2 rings (SSSR count). The Labute approximate surface area is 125 Å². The van der Waals surface area contributed by atoms with E-state index in [1.54, 1.807) is 25.2 Å². The van der Waals surface area contributed by atoms with E-state index in [0.717, 1.165) is 25.1 Å². The Balaban J connectivity index is 1.93. The third-order valence-corrected chi connectivity index (χ3v) is 3.32. The molecule has 110 valence electrons. The normalized spacial score (nSPS) is 10.1. The van der Waals surface area contributed by atoms with Crippen LogP contribution in [0.25, 0.3) is 0 Å². The van der Waals surface area contributed by atoms with Crippen LogP contribution in [0.3, 0.4) is 0 Å². The number of amides is 1. The van der Waals surface area contributed by atoms with Crippen molar-refractivity contribution in [2.45, 2.75) is 12.8 Å². The average Bonchev–Trinajstić information content (AvgIpc) is 2.52. The first-order valence-corrected chi connectivity index (χ1v) is 7.10. The number of hydrogen-bond donors (Lipinski definition) is 3. The van der Waals surface area contributed by atoms with Gasteiger partial charge in [-0.1, -0.05) is 30.3 Å². The minimum atomic E-state index is -0.111. The summed E-state index contributed by atoms with van der Waals surface area (Å²) < 4.78 is 0. The summed E-state index contributed by atoms with van der Waals surface area (Å²) in [7, 11) is 1.62. The van der Waals surface area contributed by atoms with Gasteiger partial charge in [-0.25, -0.2) is 0 Å². The molecule has 4 nitrogen and oxygen atoms in total. The van der Waals surface area contributed by atoms with Gasteiger partial charge in [-0.2, -0.15) is 0 Å². The lowest BCUT2D eigenvalue weighted by atomic mass is 10.1. The van der Waals surface area contributed by atoms with Crippen LogP contribution >= 0.6 is 0 Å². The number of aryl methyl sites for hydroxylation is 1. The smallest absolute Gasteiger partial charge is 0.253 e. The zero-order valence-corrected chi connectivity index (χ0v) is 12.2. The second-order valence-electron chi connectivity index (χ2n) is 4.90. The summed E-state index contributed by atoms with van der Waals surface area (Å²) >= 11 is 0. The van der Waals surface area contributed by atoms with Gasteiger partial charge in [-0.3, -0.25) is 4.79 Å². The molecule has 0 radical (unpaired) electrons. The maximum atomic E-state index is 11.8. The number of nitrogens with one attached hydrogen (secondary N) is 2. The molecule has 0 bridgehead atoms. The number of carbonyl (C=O) groups excluding carboxylic acids is 1. The van der Waals surface area contributed by atoms with Crippen molar-refractivity contribution in [3.8, 4) is 0 Å². The quantitative estimate of drug-likeness (QED) is 0.564. The Hall–Kier alpha value is -2.49. The van der Waals surface area contributed by atoms with Crippen LogP contribution in [0.2, 0.25) is 0 Å². The predicted molar refractivity (Wildman–Crippen MR) is 87.5 cm³/mol. The van der Waals surface area contributed by atoms with Crippen LogP contribution in [0.4, 0.5) is 11.4 Å². The van der Waals surface area contributed by atoms with Gasteiger partial charge in [0.05, 0.1) is 5.56 Å². The molecule has 21 heavy (non-hydrogen) atoms. The van der Waals surface area contributed by atoms with Crippen molar-refractivity contribution in [2.75, 3.05) is 24.6 Å². The Bertz CT molecular complexity index is 596. The molecule has 0 heterocycles. The van der Waals surface area contributed by atoms with Gasteiger partial charge in [-0.15, -0.1) is 0 Å². The molecule has 0 atom stereocenters. The Kier molecular flexibility index (Phi) is 5.21. The van der Waals surface area contributed by atoms with Crippen molar-refractivity contribution in [1.82, 2.24) is 5.32 Å². The summed E-state index contributed by atoms with van der Waals surface area (Å²) in [6, 6.07) is 15.6. The average molecular weight is 283 g/mol. The molecule has 0 aromatic heterocycles. The maximum Gasteiger partial charge on any atom is 0.253 e. The molecule has 0 saturated carbocycles. The highest BCUT2D eigenvalue weighted by molar-refractivity contribution is 6.00. The van der Waals surface area contributed by atoms with Gasteiger partial charge in [0, 0.05) is 25.0 Å². The molecule has 0 fully saturated rings. The predicted octanol–water partition coefficient (Wildman–Crippen LogP) is 2.67. The highest BCUT2D eigenvalue weighted by atomic mass is 16.1. The van der Waals surface area contributed by atoms with E-state index in [1.165, 1.54) is 5.56 Å². The molecular formula is C17H21N3O. The molecule has 4 heteroatoms. The standard InChI is InChI=1S/C17H21N3O/c1-19-17(21)15-10-9-14(18)12-16(15)20-11-5-8-13-6-3-2-4-7-13/h2-4,6-7,9-10,12,20H,5,8,11,18H2,1H3,(H,19,21). The Morgan fingerprint density at radius 1 is 1.14 bits per heavy atom. The summed E-state index contributed by atoms with van der Waals surface area (Å²) in [4.78, 5) is 11.8. The van der Waals surface area contributed by atoms with Crippen LogP contribution < -0.4 is 16.4 Å². The lowest BCUT2D eigenvalue weighted by molar-refractivity contribution is 0.0964. The van der Waals surface area contributed by atoms with Crippen molar-refractivity contribution in [2.24, 2.45) is 0 Å². The lowest BCUT2D eigenvalue weighted by Gasteiger charge is -2.12. The van der Waals surface area contributed by atoms with E-state index in [9.17, 15) is 4.79 Å². The number of benzene rings is 2. The second-order valence-corrected chi connectivity index (χ2v) is 4.90. The molecule has 0 aliphatic rings. The van der Waals surface area contributed by atoms with Gasteiger partial charge in [0.15, 0.2) is 0 Å². The van der Waals surface area contributed by atoms with Gasteiger partial charge >= 0.3 is 0 Å². The van der Waals surface area contributed by atoms with E-state index in [0.29, 0.717) is 11.3 Å². The van der Waals surface area contributed by atoms with Crippen LogP contribution in [0.1, 0.15) is 22.3 Å². The first kappa shape index (κ1) is 14.9. The molecule has 0 unspecified atom stereocenters. The fraction of sp³-hybridized carbons (Fsp3) is 0.235. The molecule has 0 aliphatic carbocycles. The first-order valence-electron chi connectivity index (χ1n) is 7.10. The molecular weight excluding hydrogens is 262 g/mol. The molecule has 4 N–H and O–H groups in total. The number of nitrogen functional groups attached to an aromatic ring is 1. The molecule has 0 aliphatic heterocycles. The molecule has 2 aromatic rings. The number of nitrogens with two attached hydrogens (primary N) is 1. The molecule has 0 spiro atoms. The van der Waals surface area contributed by atoms with Gasteiger partial charge in [0.2, 0.25) is 0 Å². The SMILES string of the molecule is CNC(=O)c1ccc(N)cc1NCCCc1ccccc1. The maximum absolute atomic E-state index is 11.8. The topological polar surface area (TPSA) is 67.2 Å². The van der Waals surface area contributed by atoms with Gasteiger partial charge in [-0.05, 0) is 36.6 Å². The molecule has 0 saturated heterocycles. The minimum absolute atomic E-state index is 0.111. The second kappa shape index (κ2) is 7.33. The third kappa shape index (κ3) is 4.24. The number of hydrogen-bond acceptors (Lipinski definition) is 3. The van der Waals surface area contributed by atoms with Crippen molar-refractivity contribution in [3.63, 3.8) is 0 Å². The summed E-state index contributed by atoms with van der Waals surface area (Å²) in [6.45, 7) is 0.794. The highest BCUT2D eigenvalue weighted by Crippen LogP contribution is 2.19. The van der Waals surface area contributed by atoms with Crippen molar-refractivity contribution in [1.29, 1.82) is 0 Å². The Morgan fingerprint density at radius 2 is 1.90 bits per heavy atom. The monoisotopic (exact) mass is 283 g/mol. The van der Waals surface area contributed by atoms with Crippen LogP contribution in [0, 0.1) is 0 Å². The highest BCUT2D eigenvalue weighted by Gasteiger charge is 2.09.